The molecular formula is C12H21NO2. The van der Waals surface area contributed by atoms with E-state index in [-0.39, 0.29) is 11.3 Å². The molecule has 3 nitrogen and oxygen atoms in total. The highest BCUT2D eigenvalue weighted by Crippen LogP contribution is 2.63. The Bertz CT molecular complexity index is 298. The van der Waals surface area contributed by atoms with Gasteiger partial charge in [0, 0.05) is 14.1 Å². The number of aliphatic hydroxyl groups is 1. The molecule has 2 aliphatic rings. The average molecular weight is 211 g/mol. The number of rotatable bonds is 1. The molecule has 2 saturated carbocycles. The third-order valence-corrected chi connectivity index (χ3v) is 4.66. The Morgan fingerprint density at radius 1 is 1.40 bits per heavy atom. The molecule has 1 amide bonds. The summed E-state index contributed by atoms with van der Waals surface area (Å²) in [4.78, 5) is 13.8. The Kier molecular flexibility index (Phi) is 2.16. The fourth-order valence-electron chi connectivity index (χ4n) is 3.65. The molecule has 1 N–H and O–H groups in total. The van der Waals surface area contributed by atoms with Gasteiger partial charge in [-0.15, -0.1) is 0 Å². The topological polar surface area (TPSA) is 40.5 Å². The molecule has 0 aliphatic heterocycles. The van der Waals surface area contributed by atoms with E-state index in [1.165, 1.54) is 0 Å². The molecule has 0 saturated heterocycles. The summed E-state index contributed by atoms with van der Waals surface area (Å²) in [5, 5.41) is 10.4. The molecule has 3 heteroatoms. The summed E-state index contributed by atoms with van der Waals surface area (Å²) in [6.45, 7) is 4.18. The molecule has 86 valence electrons. The first kappa shape index (κ1) is 10.9. The molecule has 0 aromatic heterocycles. The van der Waals surface area contributed by atoms with Gasteiger partial charge in [0.1, 0.15) is 0 Å². The van der Waals surface area contributed by atoms with E-state index in [1.54, 1.807) is 19.0 Å². The van der Waals surface area contributed by atoms with E-state index >= 15 is 0 Å². The van der Waals surface area contributed by atoms with Gasteiger partial charge in [-0.05, 0) is 30.6 Å². The molecular weight excluding hydrogens is 190 g/mol. The predicted molar refractivity (Wildman–Crippen MR) is 58.3 cm³/mol. The number of amides is 1. The van der Waals surface area contributed by atoms with Crippen molar-refractivity contribution in [2.45, 2.75) is 39.2 Å². The van der Waals surface area contributed by atoms with Crippen molar-refractivity contribution in [2.24, 2.45) is 16.7 Å². The van der Waals surface area contributed by atoms with Crippen molar-refractivity contribution in [3.05, 3.63) is 0 Å². The maximum absolute atomic E-state index is 12.2. The van der Waals surface area contributed by atoms with Crippen LogP contribution in [-0.2, 0) is 4.79 Å². The molecule has 2 fully saturated rings. The highest BCUT2D eigenvalue weighted by Gasteiger charge is 2.64. The fourth-order valence-corrected chi connectivity index (χ4v) is 3.65. The van der Waals surface area contributed by atoms with Crippen LogP contribution in [0.1, 0.15) is 33.1 Å². The van der Waals surface area contributed by atoms with Crippen LogP contribution in [0.25, 0.3) is 0 Å². The van der Waals surface area contributed by atoms with Crippen molar-refractivity contribution >= 4 is 5.91 Å². The molecule has 0 heterocycles. The van der Waals surface area contributed by atoms with Gasteiger partial charge >= 0.3 is 0 Å². The number of fused-ring (bicyclic) bond motifs is 2. The Morgan fingerprint density at radius 2 is 2.00 bits per heavy atom. The maximum atomic E-state index is 12.2. The van der Waals surface area contributed by atoms with Crippen LogP contribution in [0.3, 0.4) is 0 Å². The van der Waals surface area contributed by atoms with E-state index in [0.717, 1.165) is 19.3 Å². The SMILES string of the molecule is CN(C)C(=O)[C@@]12CC[C@H](C1)C(C)(C)[C@@H]2O. The van der Waals surface area contributed by atoms with Crippen molar-refractivity contribution < 1.29 is 9.90 Å². The number of carbonyl (C=O) groups is 1. The predicted octanol–water partition coefficient (Wildman–Crippen LogP) is 1.26. The summed E-state index contributed by atoms with van der Waals surface area (Å²) in [6, 6.07) is 0. The molecule has 0 radical (unpaired) electrons. The number of hydrogen-bond acceptors (Lipinski definition) is 2. The summed E-state index contributed by atoms with van der Waals surface area (Å²) in [7, 11) is 3.56. The van der Waals surface area contributed by atoms with Gasteiger partial charge in [0.2, 0.25) is 5.91 Å². The van der Waals surface area contributed by atoms with Gasteiger partial charge in [0.15, 0.2) is 0 Å². The van der Waals surface area contributed by atoms with Crippen LogP contribution in [0.15, 0.2) is 0 Å². The molecule has 3 atom stereocenters. The highest BCUT2D eigenvalue weighted by molar-refractivity contribution is 5.84. The van der Waals surface area contributed by atoms with E-state index in [1.807, 2.05) is 0 Å². The second-order valence-electron chi connectivity index (χ2n) is 6.02. The van der Waals surface area contributed by atoms with Crippen molar-refractivity contribution in [3.8, 4) is 0 Å². The highest BCUT2D eigenvalue weighted by atomic mass is 16.3. The van der Waals surface area contributed by atoms with Crippen LogP contribution in [0.2, 0.25) is 0 Å². The van der Waals surface area contributed by atoms with Crippen LogP contribution in [0, 0.1) is 16.7 Å². The number of aliphatic hydroxyl groups excluding tert-OH is 1. The monoisotopic (exact) mass is 211 g/mol. The van der Waals surface area contributed by atoms with E-state index in [4.69, 9.17) is 0 Å². The van der Waals surface area contributed by atoms with Crippen LogP contribution < -0.4 is 0 Å². The summed E-state index contributed by atoms with van der Waals surface area (Å²) in [5.74, 6) is 0.625. The zero-order valence-electron chi connectivity index (χ0n) is 10.1. The van der Waals surface area contributed by atoms with Crippen LogP contribution in [0.4, 0.5) is 0 Å². The fraction of sp³-hybridized carbons (Fsp3) is 0.917. The van der Waals surface area contributed by atoms with Crippen LogP contribution in [0.5, 0.6) is 0 Å². The lowest BCUT2D eigenvalue weighted by molar-refractivity contribution is -0.149. The second-order valence-corrected chi connectivity index (χ2v) is 6.02. The van der Waals surface area contributed by atoms with Crippen molar-refractivity contribution in [1.29, 1.82) is 0 Å². The van der Waals surface area contributed by atoms with Gasteiger partial charge in [0.05, 0.1) is 11.5 Å². The molecule has 0 aromatic rings. The normalized spacial score (nSPS) is 41.9. The second kappa shape index (κ2) is 2.97. The lowest BCUT2D eigenvalue weighted by Crippen LogP contribution is -2.49. The lowest BCUT2D eigenvalue weighted by Gasteiger charge is -2.40. The minimum absolute atomic E-state index is 0.0933. The summed E-state index contributed by atoms with van der Waals surface area (Å²) >= 11 is 0. The Labute approximate surface area is 91.5 Å². The Morgan fingerprint density at radius 3 is 2.40 bits per heavy atom. The Hall–Kier alpha value is -0.570. The Balaban J connectivity index is 2.35. The molecule has 2 bridgehead atoms. The molecule has 0 unspecified atom stereocenters. The number of hydrogen-bond donors (Lipinski definition) is 1. The third-order valence-electron chi connectivity index (χ3n) is 4.66. The number of nitrogens with zero attached hydrogens (tertiary/aromatic N) is 1. The average Bonchev–Trinajstić information content (AvgIpc) is 2.66. The minimum Gasteiger partial charge on any atom is -0.391 e. The quantitative estimate of drug-likeness (QED) is 0.709. The molecule has 2 aliphatic carbocycles. The molecule has 2 rings (SSSR count). The van der Waals surface area contributed by atoms with Crippen molar-refractivity contribution in [1.82, 2.24) is 4.90 Å². The zero-order valence-corrected chi connectivity index (χ0v) is 10.1. The van der Waals surface area contributed by atoms with Gasteiger partial charge < -0.3 is 10.0 Å². The van der Waals surface area contributed by atoms with Gasteiger partial charge in [0.25, 0.3) is 0 Å². The largest absolute Gasteiger partial charge is 0.391 e. The lowest BCUT2D eigenvalue weighted by atomic mass is 9.69. The zero-order chi connectivity index (χ0) is 11.4. The van der Waals surface area contributed by atoms with Gasteiger partial charge in [-0.25, -0.2) is 0 Å². The maximum Gasteiger partial charge on any atom is 0.230 e. The smallest absolute Gasteiger partial charge is 0.230 e. The van der Waals surface area contributed by atoms with E-state index in [9.17, 15) is 9.90 Å². The van der Waals surface area contributed by atoms with Gasteiger partial charge in [-0.2, -0.15) is 0 Å². The van der Waals surface area contributed by atoms with Gasteiger partial charge in [-0.3, -0.25) is 4.79 Å². The number of carbonyl (C=O) groups excluding carboxylic acids is 1. The first-order valence-electron chi connectivity index (χ1n) is 5.72. The van der Waals surface area contributed by atoms with Crippen LogP contribution >= 0.6 is 0 Å². The molecule has 0 aromatic carbocycles. The minimum atomic E-state index is -0.475. The van der Waals surface area contributed by atoms with Crippen LogP contribution in [-0.4, -0.2) is 36.1 Å². The van der Waals surface area contributed by atoms with Gasteiger partial charge in [-0.1, -0.05) is 13.8 Å². The third kappa shape index (κ3) is 1.19. The van der Waals surface area contributed by atoms with E-state index in [0.29, 0.717) is 5.92 Å². The summed E-state index contributed by atoms with van der Waals surface area (Å²) in [6.07, 6.45) is 2.35. The first-order valence-corrected chi connectivity index (χ1v) is 5.72. The molecule has 0 spiro atoms. The summed E-state index contributed by atoms with van der Waals surface area (Å²) < 4.78 is 0. The van der Waals surface area contributed by atoms with E-state index in [2.05, 4.69) is 13.8 Å². The van der Waals surface area contributed by atoms with Crippen molar-refractivity contribution in [3.63, 3.8) is 0 Å². The van der Waals surface area contributed by atoms with Crippen molar-refractivity contribution in [2.75, 3.05) is 14.1 Å². The van der Waals surface area contributed by atoms with E-state index < -0.39 is 11.5 Å². The standard InChI is InChI=1S/C12H21NO2/c1-11(2)8-5-6-12(7-8,9(11)14)10(15)13(3)4/h8-9,14H,5-7H2,1-4H3/t8-,9+,12+/m1/s1. The summed E-state index contributed by atoms with van der Waals surface area (Å²) in [5.41, 5.74) is -0.568. The first-order chi connectivity index (χ1) is 6.82. The molecule has 15 heavy (non-hydrogen) atoms.